The third-order valence-electron chi connectivity index (χ3n) is 5.37. The first-order chi connectivity index (χ1) is 15.8. The molecule has 1 amide bonds. The van der Waals surface area contributed by atoms with Gasteiger partial charge in [0.15, 0.2) is 0 Å². The highest BCUT2D eigenvalue weighted by Gasteiger charge is 2.27. The van der Waals surface area contributed by atoms with Crippen LogP contribution in [-0.4, -0.2) is 54.9 Å². The van der Waals surface area contributed by atoms with E-state index in [2.05, 4.69) is 26.6 Å². The molecule has 0 bridgehead atoms. The van der Waals surface area contributed by atoms with Crippen molar-refractivity contribution in [2.45, 2.75) is 51.7 Å². The van der Waals surface area contributed by atoms with E-state index in [4.69, 9.17) is 21.1 Å². The van der Waals surface area contributed by atoms with Crippen LogP contribution in [0.4, 0.5) is 4.79 Å². The Labute approximate surface area is 197 Å². The van der Waals surface area contributed by atoms with Crippen LogP contribution in [0.1, 0.15) is 50.8 Å². The van der Waals surface area contributed by atoms with Gasteiger partial charge in [-0.05, 0) is 79.8 Å². The second-order valence-corrected chi connectivity index (χ2v) is 9.39. The molecule has 0 saturated carbocycles. The Morgan fingerprint density at radius 3 is 2.58 bits per heavy atom. The molecule has 3 aromatic rings. The highest BCUT2D eigenvalue weighted by molar-refractivity contribution is 6.32. The smallest absolute Gasteiger partial charge is 0.410 e. The van der Waals surface area contributed by atoms with Gasteiger partial charge < -0.3 is 14.4 Å². The van der Waals surface area contributed by atoms with Crippen LogP contribution in [0, 0.1) is 0 Å². The quantitative estimate of drug-likeness (QED) is 0.545. The van der Waals surface area contributed by atoms with Crippen LogP contribution in [0.15, 0.2) is 42.9 Å². The molecule has 1 fully saturated rings. The number of hydrogen-bond donors (Lipinski definition) is 0. The Kier molecular flexibility index (Phi) is 6.78. The second-order valence-electron chi connectivity index (χ2n) is 8.98. The van der Waals surface area contributed by atoms with Crippen LogP contribution >= 0.6 is 11.6 Å². The number of hydrogen-bond acceptors (Lipinski definition) is 7. The van der Waals surface area contributed by atoms with E-state index in [1.165, 1.54) is 16.6 Å². The van der Waals surface area contributed by atoms with E-state index >= 15 is 0 Å². The highest BCUT2D eigenvalue weighted by Crippen LogP contribution is 2.29. The van der Waals surface area contributed by atoms with Gasteiger partial charge in [0.1, 0.15) is 24.3 Å². The van der Waals surface area contributed by atoms with E-state index in [0.29, 0.717) is 36.4 Å². The molecule has 0 radical (unpaired) electrons. The number of likely N-dealkylation sites (tertiary alicyclic amines) is 1. The molecule has 4 rings (SSSR count). The fourth-order valence-corrected chi connectivity index (χ4v) is 3.89. The zero-order valence-electron chi connectivity index (χ0n) is 18.9. The number of aromatic nitrogens is 5. The van der Waals surface area contributed by atoms with Gasteiger partial charge in [0.2, 0.25) is 0 Å². The van der Waals surface area contributed by atoms with Gasteiger partial charge in [-0.15, -0.1) is 5.10 Å². The minimum absolute atomic E-state index is 0.240. The molecule has 1 aliphatic heterocycles. The molecule has 0 unspecified atom stereocenters. The van der Waals surface area contributed by atoms with Gasteiger partial charge in [-0.1, -0.05) is 17.7 Å². The van der Waals surface area contributed by atoms with Gasteiger partial charge in [-0.3, -0.25) is 4.98 Å². The molecular weight excluding hydrogens is 444 g/mol. The molecular formula is C23H27ClN6O3. The van der Waals surface area contributed by atoms with Crippen molar-refractivity contribution in [3.63, 3.8) is 0 Å². The third kappa shape index (κ3) is 5.98. The lowest BCUT2D eigenvalue weighted by Crippen LogP contribution is -2.41. The van der Waals surface area contributed by atoms with Gasteiger partial charge in [0.25, 0.3) is 0 Å². The van der Waals surface area contributed by atoms with E-state index in [-0.39, 0.29) is 6.09 Å². The lowest BCUT2D eigenvalue weighted by Gasteiger charge is -2.33. The van der Waals surface area contributed by atoms with Crippen LogP contribution < -0.4 is 4.74 Å². The van der Waals surface area contributed by atoms with Crippen LogP contribution in [0.25, 0.3) is 5.69 Å². The maximum Gasteiger partial charge on any atom is 0.410 e. The maximum absolute atomic E-state index is 12.3. The predicted octanol–water partition coefficient (Wildman–Crippen LogP) is 4.40. The summed E-state index contributed by atoms with van der Waals surface area (Å²) in [6.07, 6.45) is 4.93. The Morgan fingerprint density at radius 1 is 1.18 bits per heavy atom. The summed E-state index contributed by atoms with van der Waals surface area (Å²) in [5.74, 6) is 0.938. The minimum atomic E-state index is -0.475. The number of carbonyl (C=O) groups excluding carboxylic acids is 1. The molecule has 10 heteroatoms. The van der Waals surface area contributed by atoms with Crippen molar-refractivity contribution in [3.8, 4) is 11.4 Å². The largest absolute Gasteiger partial charge is 0.486 e. The Hall–Kier alpha value is -3.20. The van der Waals surface area contributed by atoms with Crippen molar-refractivity contribution in [3.05, 3.63) is 59.1 Å². The average Bonchev–Trinajstić information content (AvgIpc) is 3.33. The predicted molar refractivity (Wildman–Crippen MR) is 123 cm³/mol. The second kappa shape index (κ2) is 9.74. The summed E-state index contributed by atoms with van der Waals surface area (Å²) in [4.78, 5) is 18.6. The molecule has 0 atom stereocenters. The van der Waals surface area contributed by atoms with Gasteiger partial charge in [-0.25, -0.2) is 9.48 Å². The molecule has 3 heterocycles. The summed E-state index contributed by atoms with van der Waals surface area (Å²) in [5, 5.41) is 11.6. The average molecular weight is 471 g/mol. The van der Waals surface area contributed by atoms with Crippen molar-refractivity contribution < 1.29 is 14.3 Å². The minimum Gasteiger partial charge on any atom is -0.486 e. The monoisotopic (exact) mass is 470 g/mol. The molecule has 9 nitrogen and oxygen atoms in total. The van der Waals surface area contributed by atoms with Crippen molar-refractivity contribution in [1.82, 2.24) is 30.1 Å². The van der Waals surface area contributed by atoms with Gasteiger partial charge in [0, 0.05) is 19.3 Å². The molecule has 0 N–H and O–H groups in total. The number of amides is 1. The molecule has 33 heavy (non-hydrogen) atoms. The molecule has 1 aromatic carbocycles. The Bertz CT molecular complexity index is 1070. The molecule has 1 aliphatic rings. The lowest BCUT2D eigenvalue weighted by molar-refractivity contribution is 0.0205. The third-order valence-corrected chi connectivity index (χ3v) is 5.67. The van der Waals surface area contributed by atoms with Crippen molar-refractivity contribution >= 4 is 17.7 Å². The fraction of sp³-hybridized carbons (Fsp3) is 0.435. The molecule has 174 valence electrons. The summed E-state index contributed by atoms with van der Waals surface area (Å²) in [7, 11) is 0. The number of tetrazole rings is 1. The number of piperidine rings is 1. The van der Waals surface area contributed by atoms with Gasteiger partial charge in [-0.2, -0.15) is 0 Å². The standard InChI is InChI=1S/C23H27ClN6O3/c1-23(2,3)33-22(31)29-10-8-16(9-11-29)17-4-5-18(25-13-17)14-32-21-7-6-19(12-20(21)24)30-15-26-27-28-30/h4-7,12-13,15-16H,8-11,14H2,1-3H3. The first kappa shape index (κ1) is 23.0. The zero-order chi connectivity index (χ0) is 23.4. The summed E-state index contributed by atoms with van der Waals surface area (Å²) in [5.41, 5.74) is 2.26. The Morgan fingerprint density at radius 2 is 1.97 bits per heavy atom. The highest BCUT2D eigenvalue weighted by atomic mass is 35.5. The number of halogens is 1. The summed E-state index contributed by atoms with van der Waals surface area (Å²) >= 11 is 6.34. The summed E-state index contributed by atoms with van der Waals surface area (Å²) in [6.45, 7) is 7.32. The van der Waals surface area contributed by atoms with Crippen molar-refractivity contribution in [2.24, 2.45) is 0 Å². The maximum atomic E-state index is 12.3. The van der Waals surface area contributed by atoms with E-state index in [0.717, 1.165) is 24.2 Å². The first-order valence-corrected chi connectivity index (χ1v) is 11.2. The van der Waals surface area contributed by atoms with Crippen LogP contribution in [0.3, 0.4) is 0 Å². The topological polar surface area (TPSA) is 95.3 Å². The molecule has 0 spiro atoms. The van der Waals surface area contributed by atoms with E-state index in [1.54, 1.807) is 17.0 Å². The molecule has 0 aliphatic carbocycles. The van der Waals surface area contributed by atoms with E-state index in [9.17, 15) is 4.79 Å². The summed E-state index contributed by atoms with van der Waals surface area (Å²) < 4.78 is 12.8. The number of carbonyl (C=O) groups is 1. The van der Waals surface area contributed by atoms with Gasteiger partial charge in [0.05, 0.1) is 16.4 Å². The van der Waals surface area contributed by atoms with Crippen molar-refractivity contribution in [2.75, 3.05) is 13.1 Å². The van der Waals surface area contributed by atoms with Crippen LogP contribution in [-0.2, 0) is 11.3 Å². The number of rotatable bonds is 5. The molecule has 1 saturated heterocycles. The van der Waals surface area contributed by atoms with E-state index in [1.807, 2.05) is 39.1 Å². The van der Waals surface area contributed by atoms with Gasteiger partial charge >= 0.3 is 6.09 Å². The molecule has 2 aromatic heterocycles. The van der Waals surface area contributed by atoms with Crippen LogP contribution in [0.2, 0.25) is 5.02 Å². The van der Waals surface area contributed by atoms with Crippen LogP contribution in [0.5, 0.6) is 5.75 Å². The summed E-state index contributed by atoms with van der Waals surface area (Å²) in [6, 6.07) is 9.41. The SMILES string of the molecule is CC(C)(C)OC(=O)N1CCC(c2ccc(COc3ccc(-n4cnnn4)cc3Cl)nc2)CC1. The number of nitrogens with zero attached hydrogens (tertiary/aromatic N) is 6. The zero-order valence-corrected chi connectivity index (χ0v) is 19.7. The van der Waals surface area contributed by atoms with E-state index < -0.39 is 5.60 Å². The number of ether oxygens (including phenoxy) is 2. The number of pyridine rings is 1. The van der Waals surface area contributed by atoms with Crippen molar-refractivity contribution in [1.29, 1.82) is 0 Å². The number of benzene rings is 1. The first-order valence-electron chi connectivity index (χ1n) is 10.9. The fourth-order valence-electron chi connectivity index (χ4n) is 3.67. The Balaban J connectivity index is 1.29. The lowest BCUT2D eigenvalue weighted by atomic mass is 9.90. The normalized spacial score (nSPS) is 14.8.